The summed E-state index contributed by atoms with van der Waals surface area (Å²) in [5.41, 5.74) is 0. The quantitative estimate of drug-likeness (QED) is 0.547. The number of methoxy groups -OCH3 is 1. The monoisotopic (exact) mass is 326 g/mol. The Balaban J connectivity index is 1.57. The third kappa shape index (κ3) is 6.85. The number of rotatable bonds is 9. The first kappa shape index (κ1) is 18.2. The molecule has 7 heteroatoms. The lowest BCUT2D eigenvalue weighted by atomic mass is 10.2. The van der Waals surface area contributed by atoms with Crippen LogP contribution in [0.15, 0.2) is 0 Å². The molecule has 0 spiro atoms. The molecule has 0 aromatic carbocycles. The van der Waals surface area contributed by atoms with Crippen molar-refractivity contribution < 1.29 is 14.3 Å². The molecule has 1 aliphatic carbocycles. The minimum absolute atomic E-state index is 0.0338. The van der Waals surface area contributed by atoms with Crippen LogP contribution in [0.2, 0.25) is 0 Å². The first-order valence-electron chi connectivity index (χ1n) is 8.58. The lowest BCUT2D eigenvalue weighted by Gasteiger charge is -2.34. The number of carbonyl (C=O) groups is 2. The molecule has 0 aromatic heterocycles. The molecule has 0 bridgehead atoms. The summed E-state index contributed by atoms with van der Waals surface area (Å²) in [6.45, 7) is 7.37. The van der Waals surface area contributed by atoms with Crippen molar-refractivity contribution in [2.75, 3.05) is 59.5 Å². The van der Waals surface area contributed by atoms with Crippen molar-refractivity contribution in [1.82, 2.24) is 20.4 Å². The maximum Gasteiger partial charge on any atom is 0.234 e. The van der Waals surface area contributed by atoms with Gasteiger partial charge in [0.15, 0.2) is 0 Å². The molecule has 1 atom stereocenters. The van der Waals surface area contributed by atoms with Crippen LogP contribution in [-0.2, 0) is 14.3 Å². The van der Waals surface area contributed by atoms with Gasteiger partial charge in [-0.25, -0.2) is 0 Å². The summed E-state index contributed by atoms with van der Waals surface area (Å²) in [4.78, 5) is 28.1. The third-order valence-electron chi connectivity index (χ3n) is 4.55. The minimum atomic E-state index is 0.0338. The number of carbonyl (C=O) groups excluding carboxylic acids is 2. The second-order valence-corrected chi connectivity index (χ2v) is 6.59. The molecule has 23 heavy (non-hydrogen) atoms. The number of piperazine rings is 1. The number of ether oxygens (including phenoxy) is 1. The molecule has 7 nitrogen and oxygen atoms in total. The van der Waals surface area contributed by atoms with Crippen LogP contribution >= 0.6 is 0 Å². The Kier molecular flexibility index (Phi) is 7.26. The molecule has 1 aliphatic heterocycles. The fraction of sp³-hybridized carbons (Fsp3) is 0.875. The molecule has 2 rings (SSSR count). The maximum absolute atomic E-state index is 12.0. The Bertz CT molecular complexity index is 393. The summed E-state index contributed by atoms with van der Waals surface area (Å²) in [6, 6.07) is 0.305. The Labute approximate surface area is 138 Å². The largest absolute Gasteiger partial charge is 0.383 e. The average Bonchev–Trinajstić information content (AvgIpc) is 3.34. The van der Waals surface area contributed by atoms with Gasteiger partial charge >= 0.3 is 0 Å². The zero-order valence-corrected chi connectivity index (χ0v) is 14.3. The Morgan fingerprint density at radius 3 is 2.17 bits per heavy atom. The van der Waals surface area contributed by atoms with Gasteiger partial charge in [-0.1, -0.05) is 0 Å². The Morgan fingerprint density at radius 2 is 1.65 bits per heavy atom. The second-order valence-electron chi connectivity index (χ2n) is 6.59. The van der Waals surface area contributed by atoms with E-state index >= 15 is 0 Å². The number of nitrogens with zero attached hydrogens (tertiary/aromatic N) is 2. The molecular formula is C16H30N4O3. The van der Waals surface area contributed by atoms with Gasteiger partial charge in [0, 0.05) is 45.9 Å². The Morgan fingerprint density at radius 1 is 1.09 bits per heavy atom. The molecule has 0 radical (unpaired) electrons. The molecule has 2 amide bonds. The first-order valence-corrected chi connectivity index (χ1v) is 8.58. The predicted octanol–water partition coefficient (Wildman–Crippen LogP) is -0.719. The second kappa shape index (κ2) is 9.20. The molecule has 1 heterocycles. The van der Waals surface area contributed by atoms with E-state index in [-0.39, 0.29) is 11.8 Å². The van der Waals surface area contributed by atoms with Crippen LogP contribution in [0.3, 0.4) is 0 Å². The summed E-state index contributed by atoms with van der Waals surface area (Å²) in [5, 5.41) is 5.92. The van der Waals surface area contributed by atoms with Gasteiger partial charge in [0.25, 0.3) is 0 Å². The number of amides is 2. The van der Waals surface area contributed by atoms with Crippen LogP contribution in [0.25, 0.3) is 0 Å². The van der Waals surface area contributed by atoms with Crippen LogP contribution in [0.5, 0.6) is 0 Å². The summed E-state index contributed by atoms with van der Waals surface area (Å²) >= 11 is 0. The standard InChI is InChI=1S/C16H30N4O3/c1-13(14-3-4-14)18-16(22)12-20-8-6-19(7-9-20)11-15(21)17-5-10-23-2/h13-14H,3-12H2,1-2H3,(H,17,21)(H,18,22). The van der Waals surface area contributed by atoms with E-state index in [0.717, 1.165) is 26.2 Å². The highest BCUT2D eigenvalue weighted by Gasteiger charge is 2.29. The highest BCUT2D eigenvalue weighted by atomic mass is 16.5. The van der Waals surface area contributed by atoms with E-state index in [1.165, 1.54) is 12.8 Å². The van der Waals surface area contributed by atoms with E-state index in [1.54, 1.807) is 7.11 Å². The number of hydrogen-bond acceptors (Lipinski definition) is 5. The van der Waals surface area contributed by atoms with Gasteiger partial charge in [0.1, 0.15) is 0 Å². The highest BCUT2D eigenvalue weighted by molar-refractivity contribution is 5.78. The van der Waals surface area contributed by atoms with Crippen molar-refractivity contribution in [3.63, 3.8) is 0 Å². The van der Waals surface area contributed by atoms with Gasteiger partial charge in [0.2, 0.25) is 11.8 Å². The molecule has 1 saturated carbocycles. The van der Waals surface area contributed by atoms with Gasteiger partial charge in [-0.15, -0.1) is 0 Å². The van der Waals surface area contributed by atoms with Crippen molar-refractivity contribution in [1.29, 1.82) is 0 Å². The fourth-order valence-corrected chi connectivity index (χ4v) is 2.87. The van der Waals surface area contributed by atoms with Crippen molar-refractivity contribution in [3.8, 4) is 0 Å². The molecule has 1 saturated heterocycles. The predicted molar refractivity (Wildman–Crippen MR) is 88.1 cm³/mol. The van der Waals surface area contributed by atoms with Crippen LogP contribution in [0.1, 0.15) is 19.8 Å². The zero-order chi connectivity index (χ0) is 16.7. The number of nitrogens with one attached hydrogen (secondary N) is 2. The SMILES string of the molecule is COCCNC(=O)CN1CCN(CC(=O)NC(C)C2CC2)CC1. The number of hydrogen-bond donors (Lipinski definition) is 2. The summed E-state index contributed by atoms with van der Waals surface area (Å²) in [5.74, 6) is 0.842. The lowest BCUT2D eigenvalue weighted by molar-refractivity contribution is -0.125. The van der Waals surface area contributed by atoms with E-state index in [0.29, 0.717) is 38.2 Å². The van der Waals surface area contributed by atoms with Crippen LogP contribution in [-0.4, -0.2) is 87.2 Å². The fourth-order valence-electron chi connectivity index (χ4n) is 2.87. The molecule has 1 unspecified atom stereocenters. The van der Waals surface area contributed by atoms with E-state index in [4.69, 9.17) is 4.74 Å². The topological polar surface area (TPSA) is 73.9 Å². The van der Waals surface area contributed by atoms with Gasteiger partial charge < -0.3 is 15.4 Å². The molecular weight excluding hydrogens is 296 g/mol. The molecule has 2 N–H and O–H groups in total. The van der Waals surface area contributed by atoms with E-state index in [2.05, 4.69) is 27.4 Å². The van der Waals surface area contributed by atoms with Crippen molar-refractivity contribution in [3.05, 3.63) is 0 Å². The van der Waals surface area contributed by atoms with E-state index in [1.807, 2.05) is 0 Å². The molecule has 132 valence electrons. The van der Waals surface area contributed by atoms with Gasteiger partial charge in [-0.05, 0) is 25.7 Å². The van der Waals surface area contributed by atoms with Crippen molar-refractivity contribution >= 4 is 11.8 Å². The zero-order valence-electron chi connectivity index (χ0n) is 14.3. The normalized spacial score (nSPS) is 21.0. The van der Waals surface area contributed by atoms with Crippen LogP contribution in [0, 0.1) is 5.92 Å². The van der Waals surface area contributed by atoms with Crippen molar-refractivity contribution in [2.45, 2.75) is 25.8 Å². The molecule has 2 fully saturated rings. The Hall–Kier alpha value is -1.18. The van der Waals surface area contributed by atoms with Crippen LogP contribution < -0.4 is 10.6 Å². The van der Waals surface area contributed by atoms with Crippen LogP contribution in [0.4, 0.5) is 0 Å². The van der Waals surface area contributed by atoms with E-state index in [9.17, 15) is 9.59 Å². The van der Waals surface area contributed by atoms with Gasteiger partial charge in [0.05, 0.1) is 19.7 Å². The lowest BCUT2D eigenvalue weighted by Crippen LogP contribution is -2.52. The first-order chi connectivity index (χ1) is 11.1. The average molecular weight is 326 g/mol. The van der Waals surface area contributed by atoms with E-state index < -0.39 is 0 Å². The van der Waals surface area contributed by atoms with Gasteiger partial charge in [-0.2, -0.15) is 0 Å². The summed E-state index contributed by atoms with van der Waals surface area (Å²) in [6.07, 6.45) is 2.49. The molecule has 2 aliphatic rings. The third-order valence-corrected chi connectivity index (χ3v) is 4.55. The maximum atomic E-state index is 12.0. The minimum Gasteiger partial charge on any atom is -0.383 e. The molecule has 0 aromatic rings. The van der Waals surface area contributed by atoms with Gasteiger partial charge in [-0.3, -0.25) is 19.4 Å². The highest BCUT2D eigenvalue weighted by Crippen LogP contribution is 2.32. The summed E-state index contributed by atoms with van der Waals surface area (Å²) in [7, 11) is 1.62. The van der Waals surface area contributed by atoms with Crippen molar-refractivity contribution in [2.24, 2.45) is 5.92 Å². The smallest absolute Gasteiger partial charge is 0.234 e. The summed E-state index contributed by atoms with van der Waals surface area (Å²) < 4.78 is 4.91.